The lowest BCUT2D eigenvalue weighted by Gasteiger charge is -2.00. The number of benzene rings is 1. The molecule has 0 heterocycles. The molecule has 4 heteroatoms. The van der Waals surface area contributed by atoms with Crippen LogP contribution in [0.1, 0.15) is 11.1 Å². The zero-order valence-corrected chi connectivity index (χ0v) is 7.54. The Bertz CT molecular complexity index is 235. The van der Waals surface area contributed by atoms with Gasteiger partial charge in [0.05, 0.1) is 0 Å². The standard InChI is InChI=1S/C8H11BO2S/c10-9(11)5-7-1-3-8(6-12)4-2-7/h1-4,10-12H,5-6H2. The normalized spacial score (nSPS) is 9.92. The predicted octanol–water partition coefficient (Wildman–Crippen LogP) is 0.671. The van der Waals surface area contributed by atoms with Crippen molar-refractivity contribution in [1.29, 1.82) is 0 Å². The molecule has 2 nitrogen and oxygen atoms in total. The minimum absolute atomic E-state index is 0.285. The second-order valence-corrected chi connectivity index (χ2v) is 2.98. The van der Waals surface area contributed by atoms with Crippen molar-refractivity contribution in [1.82, 2.24) is 0 Å². The zero-order valence-electron chi connectivity index (χ0n) is 6.64. The summed E-state index contributed by atoms with van der Waals surface area (Å²) < 4.78 is 0. The lowest BCUT2D eigenvalue weighted by Crippen LogP contribution is -2.14. The van der Waals surface area contributed by atoms with Crippen LogP contribution in [0.25, 0.3) is 0 Å². The molecule has 0 fully saturated rings. The van der Waals surface area contributed by atoms with E-state index in [4.69, 9.17) is 10.0 Å². The fourth-order valence-corrected chi connectivity index (χ4v) is 1.20. The fraction of sp³-hybridized carbons (Fsp3) is 0.250. The quantitative estimate of drug-likeness (QED) is 0.475. The maximum Gasteiger partial charge on any atom is 0.456 e. The fourth-order valence-electron chi connectivity index (χ4n) is 0.992. The molecule has 2 N–H and O–H groups in total. The second kappa shape index (κ2) is 4.55. The van der Waals surface area contributed by atoms with E-state index >= 15 is 0 Å². The van der Waals surface area contributed by atoms with E-state index in [2.05, 4.69) is 12.6 Å². The van der Waals surface area contributed by atoms with Gasteiger partial charge in [0, 0.05) is 12.1 Å². The Balaban J connectivity index is 2.65. The Morgan fingerprint density at radius 1 is 1.08 bits per heavy atom. The maximum atomic E-state index is 8.67. The molecule has 0 radical (unpaired) electrons. The van der Waals surface area contributed by atoms with Crippen molar-refractivity contribution < 1.29 is 10.0 Å². The van der Waals surface area contributed by atoms with Gasteiger partial charge in [-0.15, -0.1) is 0 Å². The Hall–Kier alpha value is -0.445. The molecular weight excluding hydrogens is 171 g/mol. The topological polar surface area (TPSA) is 40.5 Å². The van der Waals surface area contributed by atoms with Gasteiger partial charge in [-0.3, -0.25) is 0 Å². The third-order valence-electron chi connectivity index (χ3n) is 1.62. The molecule has 12 heavy (non-hydrogen) atoms. The molecule has 0 aliphatic carbocycles. The first kappa shape index (κ1) is 9.64. The molecule has 64 valence electrons. The van der Waals surface area contributed by atoms with Gasteiger partial charge in [-0.2, -0.15) is 12.6 Å². The van der Waals surface area contributed by atoms with Gasteiger partial charge in [-0.05, 0) is 5.56 Å². The average Bonchev–Trinajstić information content (AvgIpc) is 2.05. The van der Waals surface area contributed by atoms with E-state index in [9.17, 15) is 0 Å². The summed E-state index contributed by atoms with van der Waals surface area (Å²) in [4.78, 5) is 0. The summed E-state index contributed by atoms with van der Waals surface area (Å²) in [5.41, 5.74) is 2.06. The van der Waals surface area contributed by atoms with Gasteiger partial charge in [0.2, 0.25) is 0 Å². The van der Waals surface area contributed by atoms with Crippen LogP contribution in [0.4, 0.5) is 0 Å². The second-order valence-electron chi connectivity index (χ2n) is 2.66. The van der Waals surface area contributed by atoms with Gasteiger partial charge in [-0.25, -0.2) is 0 Å². The third kappa shape index (κ3) is 2.89. The van der Waals surface area contributed by atoms with Crippen LogP contribution in [0.3, 0.4) is 0 Å². The van der Waals surface area contributed by atoms with Crippen molar-refractivity contribution in [3.63, 3.8) is 0 Å². The van der Waals surface area contributed by atoms with Crippen molar-refractivity contribution in [2.75, 3.05) is 0 Å². The van der Waals surface area contributed by atoms with Crippen molar-refractivity contribution in [2.24, 2.45) is 0 Å². The average molecular weight is 182 g/mol. The minimum atomic E-state index is -1.26. The molecule has 1 rings (SSSR count). The summed E-state index contributed by atoms with van der Waals surface area (Å²) in [5.74, 6) is 0.710. The zero-order chi connectivity index (χ0) is 8.97. The minimum Gasteiger partial charge on any atom is -0.427 e. The largest absolute Gasteiger partial charge is 0.456 e. The Kier molecular flexibility index (Phi) is 3.65. The first-order chi connectivity index (χ1) is 5.72. The van der Waals surface area contributed by atoms with Crippen LogP contribution in [0.5, 0.6) is 0 Å². The summed E-state index contributed by atoms with van der Waals surface area (Å²) >= 11 is 4.12. The van der Waals surface area contributed by atoms with Crippen LogP contribution in [0.15, 0.2) is 24.3 Å². The van der Waals surface area contributed by atoms with E-state index in [1.807, 2.05) is 24.3 Å². The highest BCUT2D eigenvalue weighted by Crippen LogP contribution is 2.07. The number of hydrogen-bond donors (Lipinski definition) is 3. The van der Waals surface area contributed by atoms with Gasteiger partial charge in [0.1, 0.15) is 0 Å². The number of rotatable bonds is 3. The molecule has 0 amide bonds. The Morgan fingerprint density at radius 3 is 2.00 bits per heavy atom. The van der Waals surface area contributed by atoms with E-state index in [1.54, 1.807) is 0 Å². The highest BCUT2D eigenvalue weighted by atomic mass is 32.1. The molecule has 0 bridgehead atoms. The highest BCUT2D eigenvalue weighted by molar-refractivity contribution is 7.79. The molecule has 0 unspecified atom stereocenters. The summed E-state index contributed by atoms with van der Waals surface area (Å²) in [6, 6.07) is 7.63. The smallest absolute Gasteiger partial charge is 0.427 e. The molecule has 0 spiro atoms. The lowest BCUT2D eigenvalue weighted by molar-refractivity contribution is 0.405. The third-order valence-corrected chi connectivity index (χ3v) is 1.99. The summed E-state index contributed by atoms with van der Waals surface area (Å²) in [5, 5.41) is 17.3. The van der Waals surface area contributed by atoms with Gasteiger partial charge in [0.25, 0.3) is 0 Å². The lowest BCUT2D eigenvalue weighted by atomic mass is 9.82. The molecule has 0 saturated carbocycles. The van der Waals surface area contributed by atoms with Gasteiger partial charge in [0.15, 0.2) is 0 Å². The van der Waals surface area contributed by atoms with Crippen LogP contribution in [0, 0.1) is 0 Å². The molecule has 0 aliphatic heterocycles. The summed E-state index contributed by atoms with van der Waals surface area (Å²) in [6.45, 7) is 0. The van der Waals surface area contributed by atoms with Crippen LogP contribution < -0.4 is 0 Å². The van der Waals surface area contributed by atoms with Crippen molar-refractivity contribution in [2.45, 2.75) is 12.1 Å². The van der Waals surface area contributed by atoms with Crippen LogP contribution in [-0.2, 0) is 12.1 Å². The molecule has 0 saturated heterocycles. The number of hydrogen-bond acceptors (Lipinski definition) is 3. The summed E-state index contributed by atoms with van der Waals surface area (Å²) in [7, 11) is -1.26. The SMILES string of the molecule is OB(O)Cc1ccc(CS)cc1. The number of thiol groups is 1. The van der Waals surface area contributed by atoms with E-state index in [0.29, 0.717) is 5.75 Å². The molecule has 0 atom stereocenters. The van der Waals surface area contributed by atoms with Crippen molar-refractivity contribution >= 4 is 19.7 Å². The van der Waals surface area contributed by atoms with E-state index in [0.717, 1.165) is 11.1 Å². The van der Waals surface area contributed by atoms with Crippen molar-refractivity contribution in [3.8, 4) is 0 Å². The van der Waals surface area contributed by atoms with Crippen LogP contribution >= 0.6 is 12.6 Å². The Morgan fingerprint density at radius 2 is 1.58 bits per heavy atom. The first-order valence-electron chi connectivity index (χ1n) is 3.77. The van der Waals surface area contributed by atoms with E-state index in [-0.39, 0.29) is 6.32 Å². The highest BCUT2D eigenvalue weighted by Gasteiger charge is 2.06. The molecular formula is C8H11BO2S. The van der Waals surface area contributed by atoms with Gasteiger partial charge < -0.3 is 10.0 Å². The van der Waals surface area contributed by atoms with Crippen molar-refractivity contribution in [3.05, 3.63) is 35.4 Å². The maximum absolute atomic E-state index is 8.67. The summed E-state index contributed by atoms with van der Waals surface area (Å²) in [6.07, 6.45) is 0.285. The Labute approximate surface area is 77.8 Å². The van der Waals surface area contributed by atoms with E-state index < -0.39 is 7.12 Å². The molecule has 1 aromatic carbocycles. The van der Waals surface area contributed by atoms with Crippen LogP contribution in [-0.4, -0.2) is 17.2 Å². The predicted molar refractivity (Wildman–Crippen MR) is 53.0 cm³/mol. The molecule has 0 aliphatic rings. The van der Waals surface area contributed by atoms with Crippen LogP contribution in [0.2, 0.25) is 0 Å². The first-order valence-corrected chi connectivity index (χ1v) is 4.40. The van der Waals surface area contributed by atoms with E-state index in [1.165, 1.54) is 0 Å². The van der Waals surface area contributed by atoms with Gasteiger partial charge >= 0.3 is 7.12 Å². The monoisotopic (exact) mass is 182 g/mol. The van der Waals surface area contributed by atoms with Gasteiger partial charge in [-0.1, -0.05) is 29.8 Å². The molecule has 0 aromatic heterocycles. The molecule has 1 aromatic rings.